The molecule has 1 aliphatic rings. The predicted octanol–water partition coefficient (Wildman–Crippen LogP) is 1.04. The van der Waals surface area contributed by atoms with Crippen LogP contribution in [-0.4, -0.2) is 40.8 Å². The molecule has 114 valence electrons. The summed E-state index contributed by atoms with van der Waals surface area (Å²) in [5.41, 5.74) is 0. The van der Waals surface area contributed by atoms with Crippen LogP contribution in [0.3, 0.4) is 0 Å². The zero-order valence-corrected chi connectivity index (χ0v) is 11.6. The molecule has 1 saturated carbocycles. The van der Waals surface area contributed by atoms with E-state index in [2.05, 4.69) is 17.6 Å². The highest BCUT2D eigenvalue weighted by Crippen LogP contribution is 2.28. The van der Waals surface area contributed by atoms with Gasteiger partial charge in [-0.25, -0.2) is 9.59 Å². The molecule has 2 amide bonds. The van der Waals surface area contributed by atoms with Gasteiger partial charge in [-0.05, 0) is 18.3 Å². The summed E-state index contributed by atoms with van der Waals surface area (Å²) >= 11 is 0. The average Bonchev–Trinajstić information content (AvgIpc) is 2.36. The second kappa shape index (κ2) is 7.72. The summed E-state index contributed by atoms with van der Waals surface area (Å²) in [4.78, 5) is 32.9. The van der Waals surface area contributed by atoms with Gasteiger partial charge in [-0.15, -0.1) is 0 Å². The first-order valence-electron chi connectivity index (χ1n) is 6.89. The van der Waals surface area contributed by atoms with Crippen molar-refractivity contribution in [2.75, 3.05) is 6.54 Å². The van der Waals surface area contributed by atoms with Crippen LogP contribution in [0.2, 0.25) is 0 Å². The Hall–Kier alpha value is -1.79. The molecule has 3 atom stereocenters. The van der Waals surface area contributed by atoms with Crippen LogP contribution in [0.1, 0.15) is 39.0 Å². The van der Waals surface area contributed by atoms with Crippen LogP contribution in [-0.2, 0) is 9.59 Å². The lowest BCUT2D eigenvalue weighted by atomic mass is 9.80. The average molecular weight is 286 g/mol. The maximum absolute atomic E-state index is 11.6. The minimum atomic E-state index is -1.41. The molecule has 2 unspecified atom stereocenters. The molecule has 7 nitrogen and oxygen atoms in total. The molecule has 0 spiro atoms. The van der Waals surface area contributed by atoms with Crippen LogP contribution < -0.4 is 10.6 Å². The van der Waals surface area contributed by atoms with Crippen LogP contribution in [0, 0.1) is 11.8 Å². The Labute approximate surface area is 117 Å². The standard InChI is InChI=1S/C13H22N2O5/c1-8-4-2-3-5-9(8)7-14-13(20)15-10(12(18)19)6-11(16)17/h8-10H,2-7H2,1H3,(H,16,17)(H,18,19)(H2,14,15,20)/t8?,9?,10-/m1/s1. The number of carboxylic acids is 2. The van der Waals surface area contributed by atoms with Crippen LogP contribution in [0.4, 0.5) is 4.79 Å². The van der Waals surface area contributed by atoms with Gasteiger partial charge in [0.2, 0.25) is 0 Å². The number of hydrogen-bond donors (Lipinski definition) is 4. The molecular weight excluding hydrogens is 264 g/mol. The van der Waals surface area contributed by atoms with E-state index in [0.717, 1.165) is 19.3 Å². The minimum Gasteiger partial charge on any atom is -0.481 e. The number of aliphatic carboxylic acids is 2. The Kier molecular flexibility index (Phi) is 6.27. The number of rotatable bonds is 6. The Morgan fingerprint density at radius 3 is 2.40 bits per heavy atom. The summed E-state index contributed by atoms with van der Waals surface area (Å²) < 4.78 is 0. The van der Waals surface area contributed by atoms with Crippen molar-refractivity contribution < 1.29 is 24.6 Å². The lowest BCUT2D eigenvalue weighted by Gasteiger charge is -2.28. The summed E-state index contributed by atoms with van der Waals surface area (Å²) in [6.45, 7) is 2.64. The summed E-state index contributed by atoms with van der Waals surface area (Å²) in [6.07, 6.45) is 3.92. The first-order valence-corrected chi connectivity index (χ1v) is 6.89. The topological polar surface area (TPSA) is 116 Å². The summed E-state index contributed by atoms with van der Waals surface area (Å²) in [6, 6.07) is -2.03. The number of nitrogens with one attached hydrogen (secondary N) is 2. The maximum atomic E-state index is 11.6. The lowest BCUT2D eigenvalue weighted by molar-refractivity contribution is -0.145. The van der Waals surface area contributed by atoms with Crippen molar-refractivity contribution in [1.82, 2.24) is 10.6 Å². The van der Waals surface area contributed by atoms with Crippen molar-refractivity contribution in [1.29, 1.82) is 0 Å². The third-order valence-corrected chi connectivity index (χ3v) is 3.80. The monoisotopic (exact) mass is 286 g/mol. The zero-order chi connectivity index (χ0) is 15.1. The fourth-order valence-electron chi connectivity index (χ4n) is 2.50. The van der Waals surface area contributed by atoms with Gasteiger partial charge < -0.3 is 20.8 Å². The summed E-state index contributed by atoms with van der Waals surface area (Å²) in [5.74, 6) is -1.68. The van der Waals surface area contributed by atoms with E-state index < -0.39 is 30.4 Å². The fourth-order valence-corrected chi connectivity index (χ4v) is 2.50. The molecule has 0 aliphatic heterocycles. The van der Waals surface area contributed by atoms with E-state index in [1.54, 1.807) is 0 Å². The molecule has 0 aromatic carbocycles. The molecule has 1 rings (SSSR count). The van der Waals surface area contributed by atoms with E-state index >= 15 is 0 Å². The van der Waals surface area contributed by atoms with Gasteiger partial charge in [-0.1, -0.05) is 26.2 Å². The molecule has 4 N–H and O–H groups in total. The maximum Gasteiger partial charge on any atom is 0.326 e. The van der Waals surface area contributed by atoms with Crippen LogP contribution in [0.25, 0.3) is 0 Å². The normalized spacial score (nSPS) is 23.6. The SMILES string of the molecule is CC1CCCCC1CNC(=O)N[C@H](CC(=O)O)C(=O)O. The Morgan fingerprint density at radius 1 is 1.20 bits per heavy atom. The molecule has 0 bridgehead atoms. The van der Waals surface area contributed by atoms with Crippen molar-refractivity contribution in [3.63, 3.8) is 0 Å². The van der Waals surface area contributed by atoms with Gasteiger partial charge in [0.1, 0.15) is 6.04 Å². The van der Waals surface area contributed by atoms with Crippen LogP contribution in [0.15, 0.2) is 0 Å². The second-order valence-electron chi connectivity index (χ2n) is 5.36. The van der Waals surface area contributed by atoms with Crippen LogP contribution >= 0.6 is 0 Å². The molecule has 20 heavy (non-hydrogen) atoms. The molecule has 1 aliphatic carbocycles. The molecule has 7 heteroatoms. The van der Waals surface area contributed by atoms with E-state index in [4.69, 9.17) is 10.2 Å². The second-order valence-corrected chi connectivity index (χ2v) is 5.36. The zero-order valence-electron chi connectivity index (χ0n) is 11.6. The van der Waals surface area contributed by atoms with Gasteiger partial charge >= 0.3 is 18.0 Å². The quantitative estimate of drug-likeness (QED) is 0.582. The third-order valence-electron chi connectivity index (χ3n) is 3.80. The number of urea groups is 1. The van der Waals surface area contributed by atoms with Crippen molar-refractivity contribution in [3.8, 4) is 0 Å². The van der Waals surface area contributed by atoms with E-state index in [0.29, 0.717) is 18.4 Å². The molecule has 0 aromatic rings. The van der Waals surface area contributed by atoms with Crippen molar-refractivity contribution >= 4 is 18.0 Å². The van der Waals surface area contributed by atoms with Crippen molar-refractivity contribution in [2.45, 2.75) is 45.1 Å². The predicted molar refractivity (Wildman–Crippen MR) is 71.3 cm³/mol. The van der Waals surface area contributed by atoms with Gasteiger partial charge in [-0.3, -0.25) is 4.79 Å². The highest BCUT2D eigenvalue weighted by molar-refractivity contribution is 5.86. The summed E-state index contributed by atoms with van der Waals surface area (Å²) in [7, 11) is 0. The smallest absolute Gasteiger partial charge is 0.326 e. The number of carbonyl (C=O) groups is 3. The van der Waals surface area contributed by atoms with Gasteiger partial charge in [0.15, 0.2) is 0 Å². The lowest BCUT2D eigenvalue weighted by Crippen LogP contribution is -2.48. The molecular formula is C13H22N2O5. The minimum absolute atomic E-state index is 0.400. The van der Waals surface area contributed by atoms with Gasteiger partial charge in [-0.2, -0.15) is 0 Å². The van der Waals surface area contributed by atoms with Gasteiger partial charge in [0.05, 0.1) is 6.42 Å². The third kappa shape index (κ3) is 5.46. The van der Waals surface area contributed by atoms with E-state index in [1.165, 1.54) is 6.42 Å². The highest BCUT2D eigenvalue weighted by Gasteiger charge is 2.25. The highest BCUT2D eigenvalue weighted by atomic mass is 16.4. The van der Waals surface area contributed by atoms with E-state index in [1.807, 2.05) is 0 Å². The van der Waals surface area contributed by atoms with Crippen molar-refractivity contribution in [3.05, 3.63) is 0 Å². The molecule has 0 saturated heterocycles. The Morgan fingerprint density at radius 2 is 1.85 bits per heavy atom. The molecule has 0 radical (unpaired) electrons. The number of carbonyl (C=O) groups excluding carboxylic acids is 1. The Bertz CT molecular complexity index is 372. The molecule has 1 fully saturated rings. The van der Waals surface area contributed by atoms with Gasteiger partial charge in [0.25, 0.3) is 0 Å². The Balaban J connectivity index is 2.37. The van der Waals surface area contributed by atoms with E-state index in [-0.39, 0.29) is 0 Å². The molecule has 0 aromatic heterocycles. The van der Waals surface area contributed by atoms with Gasteiger partial charge in [0, 0.05) is 6.54 Å². The number of amides is 2. The summed E-state index contributed by atoms with van der Waals surface area (Å²) in [5, 5.41) is 22.2. The first-order chi connectivity index (χ1) is 9.40. The number of carboxylic acid groups (broad SMARTS) is 2. The molecule has 0 heterocycles. The fraction of sp³-hybridized carbons (Fsp3) is 0.769. The largest absolute Gasteiger partial charge is 0.481 e. The van der Waals surface area contributed by atoms with Crippen LogP contribution in [0.5, 0.6) is 0 Å². The van der Waals surface area contributed by atoms with Crippen molar-refractivity contribution in [2.24, 2.45) is 11.8 Å². The van der Waals surface area contributed by atoms with E-state index in [9.17, 15) is 14.4 Å². The number of hydrogen-bond acceptors (Lipinski definition) is 3. The first kappa shape index (κ1) is 16.3.